The minimum absolute atomic E-state index is 0.00685. The summed E-state index contributed by atoms with van der Waals surface area (Å²) in [6.07, 6.45) is 4.79. The fraction of sp³-hybridized carbons (Fsp3) is 0.406. The number of benzene rings is 2. The molecule has 1 aliphatic heterocycles. The van der Waals surface area contributed by atoms with Gasteiger partial charge in [-0.05, 0) is 48.6 Å². The van der Waals surface area contributed by atoms with Crippen LogP contribution < -0.4 is 15.8 Å². The highest BCUT2D eigenvalue weighted by atomic mass is 32.2. The Morgan fingerprint density at radius 1 is 1.04 bits per heavy atom. The van der Waals surface area contributed by atoms with Crippen molar-refractivity contribution in [2.45, 2.75) is 57.9 Å². The second-order valence-corrected chi connectivity index (χ2v) is 13.4. The Balaban J connectivity index is 1.31. The van der Waals surface area contributed by atoms with Gasteiger partial charge in [0.2, 0.25) is 5.88 Å². The molecule has 1 aliphatic rings. The number of likely N-dealkylation sites (tertiary alicyclic amines) is 1. The van der Waals surface area contributed by atoms with Gasteiger partial charge in [-0.25, -0.2) is 27.0 Å². The lowest BCUT2D eigenvalue weighted by molar-refractivity contribution is 0.0996. The molecule has 1 fully saturated rings. The molecule has 2 heterocycles. The number of nitrogens with two attached hydrogens (primary N) is 1. The van der Waals surface area contributed by atoms with Crippen LogP contribution in [-0.2, 0) is 22.1 Å². The number of unbranched alkanes of at least 4 members (excludes halogenated alkanes) is 1. The summed E-state index contributed by atoms with van der Waals surface area (Å²) in [4.78, 5) is 33.1. The average molecular weight is 644 g/mol. The summed E-state index contributed by atoms with van der Waals surface area (Å²) in [5, 5.41) is 2.51. The molecule has 3 amide bonds. The Kier molecular flexibility index (Phi) is 11.5. The molecule has 0 saturated carbocycles. The van der Waals surface area contributed by atoms with Crippen molar-refractivity contribution in [3.8, 4) is 11.6 Å². The third kappa shape index (κ3) is 9.44. The molecule has 1 saturated heterocycles. The van der Waals surface area contributed by atoms with E-state index in [9.17, 15) is 26.8 Å². The molecule has 0 atom stereocenters. The number of aromatic nitrogens is 1. The number of hydrogen-bond acceptors (Lipinski definition) is 7. The highest BCUT2D eigenvalue weighted by Crippen LogP contribution is 2.25. The normalized spacial score (nSPS) is 14.2. The number of halogens is 2. The zero-order valence-corrected chi connectivity index (χ0v) is 26.3. The van der Waals surface area contributed by atoms with Gasteiger partial charge in [0, 0.05) is 56.3 Å². The summed E-state index contributed by atoms with van der Waals surface area (Å²) in [6, 6.07) is 11.5. The van der Waals surface area contributed by atoms with Gasteiger partial charge < -0.3 is 20.7 Å². The summed E-state index contributed by atoms with van der Waals surface area (Å²) in [6.45, 7) is 6.25. The van der Waals surface area contributed by atoms with Crippen molar-refractivity contribution < 1.29 is 31.5 Å². The predicted octanol–water partition coefficient (Wildman–Crippen LogP) is 5.48. The Morgan fingerprint density at radius 2 is 1.73 bits per heavy atom. The van der Waals surface area contributed by atoms with Gasteiger partial charge in [0.25, 0.3) is 5.91 Å². The number of anilines is 1. The van der Waals surface area contributed by atoms with E-state index in [1.807, 2.05) is 13.0 Å². The number of piperidine rings is 1. The number of carbonyl (C=O) groups excluding carboxylic acids is 2. The first-order chi connectivity index (χ1) is 21.5. The summed E-state index contributed by atoms with van der Waals surface area (Å²) >= 11 is 0. The van der Waals surface area contributed by atoms with Crippen LogP contribution in [0.15, 0.2) is 54.7 Å². The van der Waals surface area contributed by atoms with E-state index in [1.54, 1.807) is 48.4 Å². The molecule has 242 valence electrons. The number of nitrogens with one attached hydrogen (secondary N) is 1. The van der Waals surface area contributed by atoms with E-state index in [-0.39, 0.29) is 23.2 Å². The number of rotatable bonds is 13. The van der Waals surface area contributed by atoms with Crippen molar-refractivity contribution in [1.29, 1.82) is 0 Å². The minimum atomic E-state index is -3.11. The predicted molar refractivity (Wildman–Crippen MR) is 168 cm³/mol. The molecule has 0 spiro atoms. The maximum absolute atomic E-state index is 14.4. The van der Waals surface area contributed by atoms with Crippen molar-refractivity contribution in [2.75, 3.05) is 30.7 Å². The third-order valence-electron chi connectivity index (χ3n) is 7.75. The number of sulfone groups is 1. The smallest absolute Gasteiger partial charge is 0.322 e. The van der Waals surface area contributed by atoms with Crippen LogP contribution in [0.1, 0.15) is 61.0 Å². The molecule has 2 aromatic carbocycles. The lowest BCUT2D eigenvalue weighted by Crippen LogP contribution is -2.49. The molecule has 0 radical (unpaired) electrons. The Morgan fingerprint density at radius 3 is 2.33 bits per heavy atom. The monoisotopic (exact) mass is 643 g/mol. The molecule has 3 N–H and O–H groups in total. The zero-order chi connectivity index (χ0) is 32.6. The molecule has 4 rings (SSSR count). The van der Waals surface area contributed by atoms with Crippen LogP contribution in [-0.4, -0.2) is 66.6 Å². The summed E-state index contributed by atoms with van der Waals surface area (Å²) in [5.41, 5.74) is 6.09. The molecule has 45 heavy (non-hydrogen) atoms. The van der Waals surface area contributed by atoms with Gasteiger partial charge in [-0.1, -0.05) is 38.5 Å². The van der Waals surface area contributed by atoms with E-state index < -0.39 is 39.0 Å². The highest BCUT2D eigenvalue weighted by Gasteiger charge is 2.28. The molecule has 13 heteroatoms. The number of urea groups is 1. The Hall–Kier alpha value is -4.10. The standard InChI is InChI=1S/C32H39F2N5O5S/c1-3-5-14-39(32(41)37-29-17-26(31(35)40)27(33)18-28(29)34)24-12-15-38(16-13-24)20-23-8-11-30(36-19-23)44-25-9-6-22(7-10-25)21-45(42,43)4-2/h6-11,17-19,24H,3-5,12-16,20-21H2,1-2H3,(H2,35,40)(H,37,41). The molecule has 0 aliphatic carbocycles. The van der Waals surface area contributed by atoms with Crippen LogP contribution in [0.3, 0.4) is 0 Å². The number of carbonyl (C=O) groups is 2. The van der Waals surface area contributed by atoms with Gasteiger partial charge in [0.05, 0.1) is 17.0 Å². The molecule has 10 nitrogen and oxygen atoms in total. The van der Waals surface area contributed by atoms with Crippen molar-refractivity contribution in [3.05, 3.63) is 83.1 Å². The lowest BCUT2D eigenvalue weighted by Gasteiger charge is -2.38. The van der Waals surface area contributed by atoms with Crippen LogP contribution in [0.2, 0.25) is 0 Å². The van der Waals surface area contributed by atoms with E-state index in [0.29, 0.717) is 49.2 Å². The maximum Gasteiger partial charge on any atom is 0.322 e. The highest BCUT2D eigenvalue weighted by molar-refractivity contribution is 7.90. The molecular weight excluding hydrogens is 604 g/mol. The zero-order valence-electron chi connectivity index (χ0n) is 25.5. The van der Waals surface area contributed by atoms with Gasteiger partial charge in [-0.3, -0.25) is 9.69 Å². The second kappa shape index (κ2) is 15.3. The number of hydrogen-bond donors (Lipinski definition) is 2. The summed E-state index contributed by atoms with van der Waals surface area (Å²) in [5.74, 6) is -2.06. The number of nitrogens with zero attached hydrogens (tertiary/aromatic N) is 3. The first-order valence-electron chi connectivity index (χ1n) is 15.0. The Bertz CT molecular complexity index is 1580. The SMILES string of the molecule is CCCCN(C(=O)Nc1cc(C(N)=O)c(F)cc1F)C1CCN(Cc2ccc(Oc3ccc(CS(=O)(=O)CC)cc3)nc2)CC1. The van der Waals surface area contributed by atoms with Gasteiger partial charge in [-0.15, -0.1) is 0 Å². The third-order valence-corrected chi connectivity index (χ3v) is 9.40. The summed E-state index contributed by atoms with van der Waals surface area (Å²) in [7, 11) is -3.11. The van der Waals surface area contributed by atoms with Gasteiger partial charge in [-0.2, -0.15) is 0 Å². The van der Waals surface area contributed by atoms with Crippen molar-refractivity contribution >= 4 is 27.5 Å². The fourth-order valence-electron chi connectivity index (χ4n) is 5.14. The molecule has 0 unspecified atom stereocenters. The van der Waals surface area contributed by atoms with Gasteiger partial charge >= 0.3 is 6.03 Å². The molecule has 1 aromatic heterocycles. The summed E-state index contributed by atoms with van der Waals surface area (Å²) < 4.78 is 57.8. The van der Waals surface area contributed by atoms with E-state index in [1.165, 1.54) is 0 Å². The van der Waals surface area contributed by atoms with Gasteiger partial charge in [0.1, 0.15) is 17.4 Å². The van der Waals surface area contributed by atoms with Crippen LogP contribution in [0.5, 0.6) is 11.6 Å². The first-order valence-corrected chi connectivity index (χ1v) is 16.8. The van der Waals surface area contributed by atoms with Crippen LogP contribution >= 0.6 is 0 Å². The number of amides is 3. The topological polar surface area (TPSA) is 135 Å². The number of primary amides is 1. The van der Waals surface area contributed by atoms with Crippen LogP contribution in [0.4, 0.5) is 19.3 Å². The van der Waals surface area contributed by atoms with E-state index in [4.69, 9.17) is 10.5 Å². The molecular formula is C32H39F2N5O5S. The van der Waals surface area contributed by atoms with Crippen molar-refractivity contribution in [1.82, 2.24) is 14.8 Å². The second-order valence-electron chi connectivity index (χ2n) is 11.1. The largest absolute Gasteiger partial charge is 0.439 e. The number of pyridine rings is 1. The first kappa shape index (κ1) is 33.8. The fourth-order valence-corrected chi connectivity index (χ4v) is 6.05. The number of ether oxygens (including phenoxy) is 1. The van der Waals surface area contributed by atoms with E-state index >= 15 is 0 Å². The maximum atomic E-state index is 14.4. The van der Waals surface area contributed by atoms with Gasteiger partial charge in [0.15, 0.2) is 9.84 Å². The average Bonchev–Trinajstić information content (AvgIpc) is 3.01. The van der Waals surface area contributed by atoms with E-state index in [0.717, 1.165) is 37.6 Å². The van der Waals surface area contributed by atoms with Crippen LogP contribution in [0.25, 0.3) is 0 Å². The minimum Gasteiger partial charge on any atom is -0.439 e. The van der Waals surface area contributed by atoms with Crippen molar-refractivity contribution in [2.24, 2.45) is 5.73 Å². The molecule has 0 bridgehead atoms. The lowest BCUT2D eigenvalue weighted by atomic mass is 10.0. The van der Waals surface area contributed by atoms with E-state index in [2.05, 4.69) is 15.2 Å². The van der Waals surface area contributed by atoms with Crippen LogP contribution in [0, 0.1) is 11.6 Å². The van der Waals surface area contributed by atoms with Crippen molar-refractivity contribution in [3.63, 3.8) is 0 Å². The molecule has 3 aromatic rings. The quantitative estimate of drug-likeness (QED) is 0.252. The Labute approximate surface area is 262 Å².